The summed E-state index contributed by atoms with van der Waals surface area (Å²) in [6.45, 7) is 5.55. The lowest BCUT2D eigenvalue weighted by Crippen LogP contribution is -2.33. The molecule has 21 heavy (non-hydrogen) atoms. The van der Waals surface area contributed by atoms with Gasteiger partial charge in [0.1, 0.15) is 18.2 Å². The molecule has 0 aliphatic heterocycles. The van der Waals surface area contributed by atoms with E-state index in [-0.39, 0.29) is 25.4 Å². The lowest BCUT2D eigenvalue weighted by atomic mass is 10.1. The highest BCUT2D eigenvalue weighted by molar-refractivity contribution is 5.77. The number of carbonyl (C=O) groups is 2. The summed E-state index contributed by atoms with van der Waals surface area (Å²) in [6.07, 6.45) is 0.307. The van der Waals surface area contributed by atoms with Crippen LogP contribution in [0.5, 0.6) is 0 Å². The molecule has 0 fully saturated rings. The first kappa shape index (κ1) is 17.2. The highest BCUT2D eigenvalue weighted by Gasteiger charge is 2.20. The number of rotatable bonds is 6. The molecule has 0 radical (unpaired) electrons. The van der Waals surface area contributed by atoms with Crippen molar-refractivity contribution in [2.75, 3.05) is 0 Å². The SMILES string of the molecule is CC(C)(C)OC(=O)CC[C@H](N)C(=O)OCc1ccccc1. The number of carbonyl (C=O) groups excluding carboxylic acids is 2. The zero-order chi connectivity index (χ0) is 15.9. The topological polar surface area (TPSA) is 78.6 Å². The largest absolute Gasteiger partial charge is 0.460 e. The zero-order valence-corrected chi connectivity index (χ0v) is 12.8. The molecule has 5 heteroatoms. The summed E-state index contributed by atoms with van der Waals surface area (Å²) in [5, 5.41) is 0. The average molecular weight is 293 g/mol. The standard InChI is InChI=1S/C16H23NO4/c1-16(2,3)21-14(18)10-9-13(17)15(19)20-11-12-7-5-4-6-8-12/h4-8,13H,9-11,17H2,1-3H3/t13-/m0/s1. The lowest BCUT2D eigenvalue weighted by Gasteiger charge is -2.20. The highest BCUT2D eigenvalue weighted by Crippen LogP contribution is 2.10. The number of ether oxygens (including phenoxy) is 2. The fourth-order valence-corrected chi connectivity index (χ4v) is 1.62. The molecule has 0 spiro atoms. The third-order valence-corrected chi connectivity index (χ3v) is 2.61. The molecule has 1 aromatic rings. The van der Waals surface area contributed by atoms with E-state index < -0.39 is 17.6 Å². The van der Waals surface area contributed by atoms with E-state index in [0.717, 1.165) is 5.56 Å². The summed E-state index contributed by atoms with van der Waals surface area (Å²) in [7, 11) is 0. The smallest absolute Gasteiger partial charge is 0.323 e. The number of hydrogen-bond acceptors (Lipinski definition) is 5. The van der Waals surface area contributed by atoms with Gasteiger partial charge >= 0.3 is 11.9 Å². The maximum absolute atomic E-state index is 11.7. The van der Waals surface area contributed by atoms with E-state index in [0.29, 0.717) is 0 Å². The first-order valence-electron chi connectivity index (χ1n) is 6.96. The predicted molar refractivity (Wildman–Crippen MR) is 79.3 cm³/mol. The number of hydrogen-bond donors (Lipinski definition) is 1. The molecule has 0 aliphatic carbocycles. The Bertz CT molecular complexity index is 465. The minimum atomic E-state index is -0.818. The van der Waals surface area contributed by atoms with Gasteiger partial charge < -0.3 is 15.2 Å². The molecule has 2 N–H and O–H groups in total. The predicted octanol–water partition coefficient (Wildman–Crippen LogP) is 2.18. The second-order valence-electron chi connectivity index (χ2n) is 5.82. The summed E-state index contributed by atoms with van der Waals surface area (Å²) in [4.78, 5) is 23.2. The van der Waals surface area contributed by atoms with E-state index in [4.69, 9.17) is 15.2 Å². The van der Waals surface area contributed by atoms with Crippen LogP contribution >= 0.6 is 0 Å². The summed E-state index contributed by atoms with van der Waals surface area (Å²) >= 11 is 0. The molecule has 0 unspecified atom stereocenters. The Morgan fingerprint density at radius 1 is 1.19 bits per heavy atom. The summed E-state index contributed by atoms with van der Waals surface area (Å²) in [5.41, 5.74) is 6.07. The Morgan fingerprint density at radius 3 is 2.38 bits per heavy atom. The van der Waals surface area contributed by atoms with Crippen LogP contribution in [0.2, 0.25) is 0 Å². The minimum Gasteiger partial charge on any atom is -0.460 e. The second-order valence-corrected chi connectivity index (χ2v) is 5.82. The highest BCUT2D eigenvalue weighted by atomic mass is 16.6. The van der Waals surface area contributed by atoms with E-state index >= 15 is 0 Å². The first-order valence-corrected chi connectivity index (χ1v) is 6.96. The molecular formula is C16H23NO4. The van der Waals surface area contributed by atoms with Gasteiger partial charge in [-0.15, -0.1) is 0 Å². The monoisotopic (exact) mass is 293 g/mol. The Hall–Kier alpha value is -1.88. The van der Waals surface area contributed by atoms with Crippen molar-refractivity contribution in [3.8, 4) is 0 Å². The molecule has 1 rings (SSSR count). The molecule has 0 saturated carbocycles. The third-order valence-electron chi connectivity index (χ3n) is 2.61. The molecular weight excluding hydrogens is 270 g/mol. The van der Waals surface area contributed by atoms with Crippen LogP contribution < -0.4 is 5.73 Å². The van der Waals surface area contributed by atoms with Gasteiger partial charge in [0.25, 0.3) is 0 Å². The molecule has 0 aromatic heterocycles. The Morgan fingerprint density at radius 2 is 1.81 bits per heavy atom. The van der Waals surface area contributed by atoms with Crippen molar-refractivity contribution in [2.24, 2.45) is 5.73 Å². The fraction of sp³-hybridized carbons (Fsp3) is 0.500. The van der Waals surface area contributed by atoms with Gasteiger partial charge in [0.05, 0.1) is 0 Å². The van der Waals surface area contributed by atoms with Gasteiger partial charge in [-0.2, -0.15) is 0 Å². The Labute approximate surface area is 125 Å². The van der Waals surface area contributed by atoms with Crippen LogP contribution in [0.15, 0.2) is 30.3 Å². The summed E-state index contributed by atoms with van der Waals surface area (Å²) < 4.78 is 10.3. The van der Waals surface area contributed by atoms with Gasteiger partial charge in [-0.25, -0.2) is 0 Å². The quantitative estimate of drug-likeness (QED) is 0.813. The van der Waals surface area contributed by atoms with Crippen molar-refractivity contribution in [1.29, 1.82) is 0 Å². The molecule has 0 aliphatic rings. The van der Waals surface area contributed by atoms with Crippen LogP contribution in [0, 0.1) is 0 Å². The molecule has 0 heterocycles. The van der Waals surface area contributed by atoms with Gasteiger partial charge in [0.15, 0.2) is 0 Å². The average Bonchev–Trinajstić information content (AvgIpc) is 2.41. The summed E-state index contributed by atoms with van der Waals surface area (Å²) in [6, 6.07) is 8.52. The van der Waals surface area contributed by atoms with Crippen LogP contribution in [-0.2, 0) is 25.7 Å². The molecule has 0 amide bonds. The van der Waals surface area contributed by atoms with Crippen molar-refractivity contribution in [1.82, 2.24) is 0 Å². The number of nitrogens with two attached hydrogens (primary N) is 1. The Kier molecular flexibility index (Phi) is 6.37. The van der Waals surface area contributed by atoms with E-state index in [1.165, 1.54) is 0 Å². The van der Waals surface area contributed by atoms with E-state index in [2.05, 4.69) is 0 Å². The van der Waals surface area contributed by atoms with Crippen molar-refractivity contribution in [2.45, 2.75) is 51.9 Å². The first-order chi connectivity index (χ1) is 9.78. The third kappa shape index (κ3) is 7.46. The maximum Gasteiger partial charge on any atom is 0.323 e. The Balaban J connectivity index is 2.30. The van der Waals surface area contributed by atoms with Crippen LogP contribution in [-0.4, -0.2) is 23.6 Å². The minimum absolute atomic E-state index is 0.0961. The number of esters is 2. The van der Waals surface area contributed by atoms with Gasteiger partial charge in [0.2, 0.25) is 0 Å². The van der Waals surface area contributed by atoms with Crippen LogP contribution in [0.4, 0.5) is 0 Å². The van der Waals surface area contributed by atoms with Gasteiger partial charge in [-0.05, 0) is 32.8 Å². The van der Waals surface area contributed by atoms with E-state index in [1.54, 1.807) is 20.8 Å². The second kappa shape index (κ2) is 7.78. The van der Waals surface area contributed by atoms with Crippen LogP contribution in [0.1, 0.15) is 39.2 Å². The molecule has 5 nitrogen and oxygen atoms in total. The normalized spacial score (nSPS) is 12.6. The van der Waals surface area contributed by atoms with Crippen LogP contribution in [0.3, 0.4) is 0 Å². The zero-order valence-electron chi connectivity index (χ0n) is 12.8. The van der Waals surface area contributed by atoms with Crippen LogP contribution in [0.25, 0.3) is 0 Å². The maximum atomic E-state index is 11.7. The van der Waals surface area contributed by atoms with Crippen molar-refractivity contribution >= 4 is 11.9 Å². The molecule has 0 saturated heterocycles. The van der Waals surface area contributed by atoms with Crippen molar-refractivity contribution in [3.05, 3.63) is 35.9 Å². The molecule has 116 valence electrons. The van der Waals surface area contributed by atoms with Gasteiger partial charge in [-0.3, -0.25) is 9.59 Å². The molecule has 0 bridgehead atoms. The van der Waals surface area contributed by atoms with Gasteiger partial charge in [0, 0.05) is 6.42 Å². The van der Waals surface area contributed by atoms with Crippen molar-refractivity contribution < 1.29 is 19.1 Å². The summed E-state index contributed by atoms with van der Waals surface area (Å²) in [5.74, 6) is -0.878. The fourth-order valence-electron chi connectivity index (χ4n) is 1.62. The van der Waals surface area contributed by atoms with E-state index in [1.807, 2.05) is 30.3 Å². The molecule has 1 aromatic carbocycles. The van der Waals surface area contributed by atoms with Crippen molar-refractivity contribution in [3.63, 3.8) is 0 Å². The number of benzene rings is 1. The van der Waals surface area contributed by atoms with Gasteiger partial charge in [-0.1, -0.05) is 30.3 Å². The lowest BCUT2D eigenvalue weighted by molar-refractivity contribution is -0.155. The van der Waals surface area contributed by atoms with E-state index in [9.17, 15) is 9.59 Å². The molecule has 1 atom stereocenters.